The predicted octanol–water partition coefficient (Wildman–Crippen LogP) is 2.66. The van der Waals surface area contributed by atoms with Gasteiger partial charge in [0.15, 0.2) is 0 Å². The largest absolute Gasteiger partial charge is 0.313 e. The average Bonchev–Trinajstić information content (AvgIpc) is 2.67. The molecule has 0 amide bonds. The summed E-state index contributed by atoms with van der Waals surface area (Å²) in [6, 6.07) is 10.7. The van der Waals surface area contributed by atoms with Crippen LogP contribution < -0.4 is 5.32 Å². The molecule has 18 heavy (non-hydrogen) atoms. The summed E-state index contributed by atoms with van der Waals surface area (Å²) in [6.07, 6.45) is 0. The SMILES string of the molecule is CCNCc1ccccc1Cn1nc(C)cc1C. The minimum absolute atomic E-state index is 0.848. The maximum atomic E-state index is 4.52. The third kappa shape index (κ3) is 2.99. The topological polar surface area (TPSA) is 29.9 Å². The molecule has 3 nitrogen and oxygen atoms in total. The van der Waals surface area contributed by atoms with Crippen molar-refractivity contribution < 1.29 is 0 Å². The minimum atomic E-state index is 0.848. The zero-order valence-electron chi connectivity index (χ0n) is 11.4. The van der Waals surface area contributed by atoms with Crippen LogP contribution in [0.2, 0.25) is 0 Å². The number of aromatic nitrogens is 2. The fourth-order valence-corrected chi connectivity index (χ4v) is 2.14. The molecule has 0 fully saturated rings. The van der Waals surface area contributed by atoms with Crippen molar-refractivity contribution in [3.8, 4) is 0 Å². The Kier molecular flexibility index (Phi) is 4.15. The zero-order chi connectivity index (χ0) is 13.0. The van der Waals surface area contributed by atoms with E-state index in [1.807, 2.05) is 6.92 Å². The van der Waals surface area contributed by atoms with Crippen molar-refractivity contribution in [1.29, 1.82) is 0 Å². The van der Waals surface area contributed by atoms with Crippen LogP contribution in [0.1, 0.15) is 29.4 Å². The molecule has 0 unspecified atom stereocenters. The lowest BCUT2D eigenvalue weighted by molar-refractivity contribution is 0.645. The maximum Gasteiger partial charge on any atom is 0.0665 e. The molecule has 1 N–H and O–H groups in total. The third-order valence-corrected chi connectivity index (χ3v) is 3.11. The maximum absolute atomic E-state index is 4.52. The van der Waals surface area contributed by atoms with Crippen LogP contribution in [-0.2, 0) is 13.1 Å². The quantitative estimate of drug-likeness (QED) is 0.875. The number of aryl methyl sites for hydroxylation is 2. The molecule has 0 aliphatic heterocycles. The second kappa shape index (κ2) is 5.83. The number of rotatable bonds is 5. The molecule has 2 aromatic rings. The molecule has 0 atom stereocenters. The van der Waals surface area contributed by atoms with Gasteiger partial charge in [0, 0.05) is 12.2 Å². The van der Waals surface area contributed by atoms with Gasteiger partial charge in [-0.3, -0.25) is 4.68 Å². The molecular weight excluding hydrogens is 222 g/mol. The standard InChI is InChI=1S/C15H21N3/c1-4-16-10-14-7-5-6-8-15(14)11-18-13(3)9-12(2)17-18/h5-9,16H,4,10-11H2,1-3H3. The van der Waals surface area contributed by atoms with E-state index in [-0.39, 0.29) is 0 Å². The third-order valence-electron chi connectivity index (χ3n) is 3.11. The molecule has 0 aliphatic carbocycles. The molecule has 1 aromatic carbocycles. The van der Waals surface area contributed by atoms with Crippen molar-refractivity contribution in [2.24, 2.45) is 0 Å². The number of nitrogens with one attached hydrogen (secondary N) is 1. The van der Waals surface area contributed by atoms with Gasteiger partial charge in [-0.1, -0.05) is 31.2 Å². The fourth-order valence-electron chi connectivity index (χ4n) is 2.14. The summed E-state index contributed by atoms with van der Waals surface area (Å²) >= 11 is 0. The van der Waals surface area contributed by atoms with Gasteiger partial charge in [0.25, 0.3) is 0 Å². The molecular formula is C15H21N3. The van der Waals surface area contributed by atoms with E-state index in [1.165, 1.54) is 16.8 Å². The molecule has 1 heterocycles. The Labute approximate surface area is 109 Å². The summed E-state index contributed by atoms with van der Waals surface area (Å²) in [7, 11) is 0. The Bertz CT molecular complexity index is 514. The highest BCUT2D eigenvalue weighted by Crippen LogP contribution is 2.12. The second-order valence-electron chi connectivity index (χ2n) is 4.63. The van der Waals surface area contributed by atoms with Crippen molar-refractivity contribution >= 4 is 0 Å². The molecule has 0 aliphatic rings. The second-order valence-corrected chi connectivity index (χ2v) is 4.63. The van der Waals surface area contributed by atoms with E-state index in [9.17, 15) is 0 Å². The van der Waals surface area contributed by atoms with Gasteiger partial charge in [-0.05, 0) is 37.6 Å². The van der Waals surface area contributed by atoms with Crippen molar-refractivity contribution in [3.63, 3.8) is 0 Å². The first-order valence-electron chi connectivity index (χ1n) is 6.49. The van der Waals surface area contributed by atoms with E-state index in [4.69, 9.17) is 0 Å². The monoisotopic (exact) mass is 243 g/mol. The van der Waals surface area contributed by atoms with E-state index < -0.39 is 0 Å². The highest BCUT2D eigenvalue weighted by molar-refractivity contribution is 5.27. The Balaban J connectivity index is 2.20. The molecule has 1 aromatic heterocycles. The smallest absolute Gasteiger partial charge is 0.0665 e. The van der Waals surface area contributed by atoms with Gasteiger partial charge >= 0.3 is 0 Å². The molecule has 96 valence electrons. The normalized spacial score (nSPS) is 10.8. The number of hydrogen-bond donors (Lipinski definition) is 1. The minimum Gasteiger partial charge on any atom is -0.313 e. The van der Waals surface area contributed by atoms with E-state index in [1.54, 1.807) is 0 Å². The van der Waals surface area contributed by atoms with Crippen LogP contribution in [-0.4, -0.2) is 16.3 Å². The van der Waals surface area contributed by atoms with Gasteiger partial charge in [-0.25, -0.2) is 0 Å². The van der Waals surface area contributed by atoms with Crippen molar-refractivity contribution in [1.82, 2.24) is 15.1 Å². The molecule has 3 heteroatoms. The zero-order valence-corrected chi connectivity index (χ0v) is 11.4. The van der Waals surface area contributed by atoms with Gasteiger partial charge in [0.2, 0.25) is 0 Å². The summed E-state index contributed by atoms with van der Waals surface area (Å²) in [5.41, 5.74) is 4.99. The van der Waals surface area contributed by atoms with Crippen molar-refractivity contribution in [2.45, 2.75) is 33.9 Å². The molecule has 0 saturated carbocycles. The first-order valence-corrected chi connectivity index (χ1v) is 6.49. The average molecular weight is 243 g/mol. The first kappa shape index (κ1) is 12.8. The molecule has 2 rings (SSSR count). The Morgan fingerprint density at radius 3 is 2.50 bits per heavy atom. The van der Waals surface area contributed by atoms with Crippen molar-refractivity contribution in [2.75, 3.05) is 6.54 Å². The predicted molar refractivity (Wildman–Crippen MR) is 74.6 cm³/mol. The fraction of sp³-hybridized carbons (Fsp3) is 0.400. The molecule has 0 radical (unpaired) electrons. The van der Waals surface area contributed by atoms with Crippen LogP contribution in [0.3, 0.4) is 0 Å². The Morgan fingerprint density at radius 1 is 1.17 bits per heavy atom. The Hall–Kier alpha value is -1.61. The summed E-state index contributed by atoms with van der Waals surface area (Å²) in [5.74, 6) is 0. The van der Waals surface area contributed by atoms with E-state index in [0.29, 0.717) is 0 Å². The van der Waals surface area contributed by atoms with Gasteiger partial charge in [0.1, 0.15) is 0 Å². The van der Waals surface area contributed by atoms with Crippen LogP contribution in [0, 0.1) is 13.8 Å². The van der Waals surface area contributed by atoms with Gasteiger partial charge in [-0.15, -0.1) is 0 Å². The summed E-state index contributed by atoms with van der Waals surface area (Å²) in [6.45, 7) is 9.03. The van der Waals surface area contributed by atoms with E-state index in [0.717, 1.165) is 25.3 Å². The van der Waals surface area contributed by atoms with Crippen LogP contribution in [0.25, 0.3) is 0 Å². The van der Waals surface area contributed by atoms with Crippen LogP contribution in [0.5, 0.6) is 0 Å². The highest BCUT2D eigenvalue weighted by atomic mass is 15.3. The summed E-state index contributed by atoms with van der Waals surface area (Å²) in [4.78, 5) is 0. The number of benzene rings is 1. The number of hydrogen-bond acceptors (Lipinski definition) is 2. The lowest BCUT2D eigenvalue weighted by Crippen LogP contribution is -2.14. The highest BCUT2D eigenvalue weighted by Gasteiger charge is 2.05. The molecule has 0 spiro atoms. The van der Waals surface area contributed by atoms with Gasteiger partial charge in [-0.2, -0.15) is 5.10 Å². The number of nitrogens with zero attached hydrogens (tertiary/aromatic N) is 2. The Morgan fingerprint density at radius 2 is 1.89 bits per heavy atom. The van der Waals surface area contributed by atoms with E-state index >= 15 is 0 Å². The van der Waals surface area contributed by atoms with Crippen LogP contribution in [0.4, 0.5) is 0 Å². The molecule has 0 saturated heterocycles. The van der Waals surface area contributed by atoms with Crippen LogP contribution >= 0.6 is 0 Å². The summed E-state index contributed by atoms with van der Waals surface area (Å²) in [5, 5.41) is 7.90. The van der Waals surface area contributed by atoms with Gasteiger partial charge in [0.05, 0.1) is 12.2 Å². The lowest BCUT2D eigenvalue weighted by Gasteiger charge is -2.11. The molecule has 0 bridgehead atoms. The first-order chi connectivity index (χ1) is 8.70. The lowest BCUT2D eigenvalue weighted by atomic mass is 10.1. The van der Waals surface area contributed by atoms with Gasteiger partial charge < -0.3 is 5.32 Å². The van der Waals surface area contributed by atoms with E-state index in [2.05, 4.69) is 59.3 Å². The van der Waals surface area contributed by atoms with Crippen molar-refractivity contribution in [3.05, 3.63) is 52.8 Å². The summed E-state index contributed by atoms with van der Waals surface area (Å²) < 4.78 is 2.07. The van der Waals surface area contributed by atoms with Crippen LogP contribution in [0.15, 0.2) is 30.3 Å².